The predicted molar refractivity (Wildman–Crippen MR) is 131 cm³/mol. The van der Waals surface area contributed by atoms with Crippen molar-refractivity contribution in [2.45, 2.75) is 19.3 Å². The highest BCUT2D eigenvalue weighted by Crippen LogP contribution is 2.39. The normalized spacial score (nSPS) is 14.8. The highest BCUT2D eigenvalue weighted by molar-refractivity contribution is 7.22. The van der Waals surface area contributed by atoms with E-state index in [-0.39, 0.29) is 5.91 Å². The van der Waals surface area contributed by atoms with Gasteiger partial charge in [-0.3, -0.25) is 14.9 Å². The van der Waals surface area contributed by atoms with Crippen molar-refractivity contribution in [1.29, 1.82) is 0 Å². The van der Waals surface area contributed by atoms with Crippen LogP contribution in [0.25, 0.3) is 10.2 Å². The monoisotopic (exact) mass is 494 g/mol. The Kier molecular flexibility index (Phi) is 5.85. The number of fused-ring (bicyclic) bond motifs is 2. The number of hydrogen-bond donors (Lipinski definition) is 2. The molecule has 2 N–H and O–H groups in total. The number of rotatable bonds is 5. The summed E-state index contributed by atoms with van der Waals surface area (Å²) >= 11 is 7.52. The zero-order valence-corrected chi connectivity index (χ0v) is 19.6. The third-order valence-corrected chi connectivity index (χ3v) is 6.82. The molecule has 1 unspecified atom stereocenters. The number of hydrogen-bond acceptors (Lipinski definition) is 6. The zero-order valence-electron chi connectivity index (χ0n) is 18.0. The molecule has 2 heterocycles. The number of anilines is 1. The van der Waals surface area contributed by atoms with Crippen molar-refractivity contribution in [2.75, 3.05) is 11.9 Å². The smallest absolute Gasteiger partial charge is 0.311 e. The van der Waals surface area contributed by atoms with E-state index in [4.69, 9.17) is 21.1 Å². The lowest BCUT2D eigenvalue weighted by atomic mass is 9.92. The molecule has 0 saturated heterocycles. The maximum Gasteiger partial charge on any atom is 0.311 e. The molecule has 3 aromatic carbocycles. The van der Waals surface area contributed by atoms with Crippen LogP contribution in [0.3, 0.4) is 0 Å². The molecule has 1 aliphatic heterocycles. The molecule has 4 aromatic rings. The third-order valence-electron chi connectivity index (χ3n) is 5.58. The molecule has 9 heteroatoms. The SMILES string of the molecule is Cc1cc2c(cc1Oc1ccc(C(=O)Nc3nc4c(Cl)cccc4s3)cc1)OCCC2C(=O)O. The van der Waals surface area contributed by atoms with E-state index >= 15 is 0 Å². The molecule has 34 heavy (non-hydrogen) atoms. The van der Waals surface area contributed by atoms with E-state index in [1.165, 1.54) is 11.3 Å². The Morgan fingerprint density at radius 1 is 1.21 bits per heavy atom. The number of amides is 1. The van der Waals surface area contributed by atoms with Gasteiger partial charge in [-0.1, -0.05) is 29.0 Å². The van der Waals surface area contributed by atoms with Crippen molar-refractivity contribution in [1.82, 2.24) is 4.98 Å². The second-order valence-electron chi connectivity index (χ2n) is 7.87. The van der Waals surface area contributed by atoms with Gasteiger partial charge in [0.1, 0.15) is 22.8 Å². The van der Waals surface area contributed by atoms with Gasteiger partial charge in [-0.2, -0.15) is 0 Å². The molecule has 1 atom stereocenters. The van der Waals surface area contributed by atoms with Crippen molar-refractivity contribution >= 4 is 50.2 Å². The number of nitrogens with zero attached hydrogens (tertiary/aromatic N) is 1. The topological polar surface area (TPSA) is 97.8 Å². The van der Waals surface area contributed by atoms with Crippen LogP contribution in [-0.2, 0) is 4.79 Å². The lowest BCUT2D eigenvalue weighted by molar-refractivity contribution is -0.139. The lowest BCUT2D eigenvalue weighted by Gasteiger charge is -2.24. The summed E-state index contributed by atoms with van der Waals surface area (Å²) in [4.78, 5) is 28.6. The number of carboxylic acid groups (broad SMARTS) is 1. The summed E-state index contributed by atoms with van der Waals surface area (Å²) in [6.45, 7) is 2.20. The molecule has 1 aromatic heterocycles. The highest BCUT2D eigenvalue weighted by Gasteiger charge is 2.28. The first kappa shape index (κ1) is 22.2. The number of aliphatic carboxylic acids is 1. The van der Waals surface area contributed by atoms with E-state index in [1.807, 2.05) is 19.1 Å². The summed E-state index contributed by atoms with van der Waals surface area (Å²) in [5.41, 5.74) is 2.57. The van der Waals surface area contributed by atoms with Crippen molar-refractivity contribution in [2.24, 2.45) is 0 Å². The first-order valence-electron chi connectivity index (χ1n) is 10.5. The average Bonchev–Trinajstić information content (AvgIpc) is 3.23. The van der Waals surface area contributed by atoms with Crippen LogP contribution in [0, 0.1) is 6.92 Å². The quantitative estimate of drug-likeness (QED) is 0.340. The molecular weight excluding hydrogens is 476 g/mol. The number of carbonyl (C=O) groups is 2. The Morgan fingerprint density at radius 2 is 2.00 bits per heavy atom. The molecule has 0 saturated carbocycles. The fourth-order valence-corrected chi connectivity index (χ4v) is 5.00. The molecular formula is C25H19ClN2O5S. The Morgan fingerprint density at radius 3 is 2.74 bits per heavy atom. The minimum Gasteiger partial charge on any atom is -0.493 e. The van der Waals surface area contributed by atoms with Gasteiger partial charge < -0.3 is 14.6 Å². The summed E-state index contributed by atoms with van der Waals surface area (Å²) in [6, 6.07) is 15.7. The van der Waals surface area contributed by atoms with Crippen molar-refractivity contribution in [3.8, 4) is 17.2 Å². The van der Waals surface area contributed by atoms with E-state index < -0.39 is 11.9 Å². The lowest BCUT2D eigenvalue weighted by Crippen LogP contribution is -2.21. The van der Waals surface area contributed by atoms with Gasteiger partial charge in [0.15, 0.2) is 5.13 Å². The molecule has 5 rings (SSSR count). The van der Waals surface area contributed by atoms with Crippen LogP contribution in [0.1, 0.15) is 33.8 Å². The number of ether oxygens (including phenoxy) is 2. The van der Waals surface area contributed by atoms with E-state index in [0.717, 1.165) is 10.3 Å². The molecule has 0 bridgehead atoms. The molecule has 7 nitrogen and oxygen atoms in total. The second-order valence-corrected chi connectivity index (χ2v) is 9.31. The van der Waals surface area contributed by atoms with Crippen molar-refractivity contribution in [3.63, 3.8) is 0 Å². The van der Waals surface area contributed by atoms with Crippen LogP contribution in [0.2, 0.25) is 5.02 Å². The number of benzene rings is 3. The fraction of sp³-hybridized carbons (Fsp3) is 0.160. The summed E-state index contributed by atoms with van der Waals surface area (Å²) in [7, 11) is 0. The maximum atomic E-state index is 12.7. The molecule has 0 radical (unpaired) electrons. The van der Waals surface area contributed by atoms with E-state index in [1.54, 1.807) is 42.5 Å². The number of carboxylic acids is 1. The maximum absolute atomic E-state index is 12.7. The third kappa shape index (κ3) is 4.30. The van der Waals surface area contributed by atoms with Crippen molar-refractivity contribution in [3.05, 3.63) is 76.3 Å². The van der Waals surface area contributed by atoms with E-state index in [0.29, 0.717) is 57.1 Å². The Bertz CT molecular complexity index is 1420. The van der Waals surface area contributed by atoms with Gasteiger partial charge >= 0.3 is 5.97 Å². The molecule has 1 amide bonds. The standard InChI is InChI=1S/C25H19ClN2O5S/c1-13-11-17-16(24(30)31)9-10-32-20(17)12-19(13)33-15-7-5-14(6-8-15)23(29)28-25-27-22-18(26)3-2-4-21(22)34-25/h2-8,11-12,16H,9-10H2,1H3,(H,30,31)(H,27,28,29). The fourth-order valence-electron chi connectivity index (χ4n) is 3.84. The summed E-state index contributed by atoms with van der Waals surface area (Å²) < 4.78 is 12.6. The first-order valence-corrected chi connectivity index (χ1v) is 11.7. The number of aryl methyl sites for hydroxylation is 1. The minimum absolute atomic E-state index is 0.292. The molecule has 1 aliphatic rings. The minimum atomic E-state index is -0.861. The molecule has 0 aliphatic carbocycles. The summed E-state index contributed by atoms with van der Waals surface area (Å²) in [6.07, 6.45) is 0.440. The van der Waals surface area contributed by atoms with Crippen molar-refractivity contribution < 1.29 is 24.2 Å². The van der Waals surface area contributed by atoms with Crippen LogP contribution in [0.15, 0.2) is 54.6 Å². The van der Waals surface area contributed by atoms with Gasteiger partial charge in [0.25, 0.3) is 5.91 Å². The van der Waals surface area contributed by atoms with Gasteiger partial charge in [-0.15, -0.1) is 0 Å². The number of para-hydroxylation sites is 1. The number of nitrogens with one attached hydrogen (secondary N) is 1. The zero-order chi connectivity index (χ0) is 23.8. The summed E-state index contributed by atoms with van der Waals surface area (Å²) in [5.74, 6) is -0.113. The Labute approximate surface area is 203 Å². The van der Waals surface area contributed by atoms with Crippen LogP contribution in [0.4, 0.5) is 5.13 Å². The molecule has 0 spiro atoms. The first-order chi connectivity index (χ1) is 16.4. The van der Waals surface area contributed by atoms with Gasteiger partial charge in [-0.05, 0) is 61.4 Å². The number of halogens is 1. The van der Waals surface area contributed by atoms with Crippen LogP contribution >= 0.6 is 22.9 Å². The molecule has 172 valence electrons. The largest absolute Gasteiger partial charge is 0.493 e. The summed E-state index contributed by atoms with van der Waals surface area (Å²) in [5, 5.41) is 13.3. The number of carbonyl (C=O) groups excluding carboxylic acids is 1. The van der Waals surface area contributed by atoms with Gasteiger partial charge in [0, 0.05) is 17.2 Å². The average molecular weight is 495 g/mol. The van der Waals surface area contributed by atoms with E-state index in [9.17, 15) is 14.7 Å². The Hall–Kier alpha value is -3.62. The Balaban J connectivity index is 1.31. The second kappa shape index (κ2) is 8.96. The van der Waals surface area contributed by atoms with Gasteiger partial charge in [-0.25, -0.2) is 4.98 Å². The predicted octanol–water partition coefficient (Wildman–Crippen LogP) is 6.25. The van der Waals surface area contributed by atoms with Crippen LogP contribution in [0.5, 0.6) is 17.2 Å². The van der Waals surface area contributed by atoms with Crippen LogP contribution in [-0.4, -0.2) is 28.6 Å². The molecule has 0 fully saturated rings. The highest BCUT2D eigenvalue weighted by atomic mass is 35.5. The van der Waals surface area contributed by atoms with Gasteiger partial charge in [0.2, 0.25) is 0 Å². The number of thiazole rings is 1. The van der Waals surface area contributed by atoms with Crippen LogP contribution < -0.4 is 14.8 Å². The van der Waals surface area contributed by atoms with Gasteiger partial charge in [0.05, 0.1) is 22.2 Å². The van der Waals surface area contributed by atoms with E-state index in [2.05, 4.69) is 10.3 Å². The number of aromatic nitrogens is 1.